The molecule has 1 aromatic carbocycles. The minimum atomic E-state index is -0.166. The molecule has 0 aliphatic carbocycles. The molecule has 0 saturated carbocycles. The van der Waals surface area contributed by atoms with Gasteiger partial charge in [0, 0.05) is 52.0 Å². The molecule has 1 heterocycles. The van der Waals surface area contributed by atoms with Gasteiger partial charge in [-0.3, -0.25) is 19.4 Å². The van der Waals surface area contributed by atoms with Crippen LogP contribution in [0.5, 0.6) is 0 Å². The number of anilines is 1. The van der Waals surface area contributed by atoms with Crippen molar-refractivity contribution in [2.45, 2.75) is 26.8 Å². The minimum absolute atomic E-state index is 0.101. The zero-order valence-electron chi connectivity index (χ0n) is 16.5. The molecule has 1 fully saturated rings. The highest BCUT2D eigenvalue weighted by Gasteiger charge is 2.28. The van der Waals surface area contributed by atoms with Gasteiger partial charge in [0.1, 0.15) is 0 Å². The molecule has 1 aliphatic rings. The van der Waals surface area contributed by atoms with E-state index in [1.165, 1.54) is 0 Å². The monoisotopic (exact) mass is 360 g/mol. The van der Waals surface area contributed by atoms with Crippen LogP contribution in [-0.4, -0.2) is 85.4 Å². The third-order valence-electron chi connectivity index (χ3n) is 5.26. The summed E-state index contributed by atoms with van der Waals surface area (Å²) in [5.74, 6) is 0.292. The first kappa shape index (κ1) is 20.4. The van der Waals surface area contributed by atoms with Crippen LogP contribution in [0, 0.1) is 0 Å². The standard InChI is InChI=1S/C20H32N4O2/c1-5-23(6-2)19(25)16-22-12-14-24(15-13-22)17(3)20(26)21(4)18-10-8-7-9-11-18/h7-11,17H,5-6,12-16H2,1-4H3. The van der Waals surface area contributed by atoms with Gasteiger partial charge in [0.15, 0.2) is 0 Å². The molecule has 2 rings (SSSR count). The summed E-state index contributed by atoms with van der Waals surface area (Å²) in [4.78, 5) is 33.0. The van der Waals surface area contributed by atoms with Gasteiger partial charge in [-0.05, 0) is 32.9 Å². The van der Waals surface area contributed by atoms with Crippen molar-refractivity contribution in [1.29, 1.82) is 0 Å². The van der Waals surface area contributed by atoms with Gasteiger partial charge < -0.3 is 9.80 Å². The summed E-state index contributed by atoms with van der Waals surface area (Å²) < 4.78 is 0. The zero-order chi connectivity index (χ0) is 19.1. The number of carbonyl (C=O) groups is 2. The summed E-state index contributed by atoms with van der Waals surface area (Å²) in [5, 5.41) is 0. The van der Waals surface area contributed by atoms with Crippen molar-refractivity contribution in [3.05, 3.63) is 30.3 Å². The number of para-hydroxylation sites is 1. The number of hydrogen-bond acceptors (Lipinski definition) is 4. The molecule has 0 spiro atoms. The second-order valence-corrected chi connectivity index (χ2v) is 6.79. The van der Waals surface area contributed by atoms with E-state index in [9.17, 15) is 9.59 Å². The third-order valence-corrected chi connectivity index (χ3v) is 5.26. The Balaban J connectivity index is 1.85. The molecule has 6 heteroatoms. The van der Waals surface area contributed by atoms with Gasteiger partial charge in [0.2, 0.25) is 11.8 Å². The van der Waals surface area contributed by atoms with Crippen LogP contribution in [0.3, 0.4) is 0 Å². The SMILES string of the molecule is CCN(CC)C(=O)CN1CCN(C(C)C(=O)N(C)c2ccccc2)CC1. The van der Waals surface area contributed by atoms with Gasteiger partial charge in [-0.2, -0.15) is 0 Å². The average molecular weight is 361 g/mol. The van der Waals surface area contributed by atoms with E-state index in [2.05, 4.69) is 9.80 Å². The Hall–Kier alpha value is -1.92. The van der Waals surface area contributed by atoms with Gasteiger partial charge in [-0.15, -0.1) is 0 Å². The van der Waals surface area contributed by atoms with Crippen LogP contribution in [0.25, 0.3) is 0 Å². The van der Waals surface area contributed by atoms with Crippen LogP contribution < -0.4 is 4.90 Å². The van der Waals surface area contributed by atoms with Gasteiger partial charge in [-0.25, -0.2) is 0 Å². The highest BCUT2D eigenvalue weighted by atomic mass is 16.2. The van der Waals surface area contributed by atoms with Crippen LogP contribution in [0.4, 0.5) is 5.69 Å². The van der Waals surface area contributed by atoms with Crippen molar-refractivity contribution in [3.63, 3.8) is 0 Å². The van der Waals surface area contributed by atoms with Crippen LogP contribution >= 0.6 is 0 Å². The number of hydrogen-bond donors (Lipinski definition) is 0. The maximum atomic E-state index is 12.8. The third kappa shape index (κ3) is 5.05. The van der Waals surface area contributed by atoms with Gasteiger partial charge in [0.05, 0.1) is 12.6 Å². The Kier molecular flexibility index (Phi) is 7.60. The van der Waals surface area contributed by atoms with Crippen LogP contribution in [0.2, 0.25) is 0 Å². The summed E-state index contributed by atoms with van der Waals surface area (Å²) in [5.41, 5.74) is 0.910. The molecule has 1 unspecified atom stereocenters. The molecule has 6 nitrogen and oxygen atoms in total. The Bertz CT molecular complexity index is 581. The smallest absolute Gasteiger partial charge is 0.243 e. The summed E-state index contributed by atoms with van der Waals surface area (Å²) in [7, 11) is 1.83. The number of carbonyl (C=O) groups excluding carboxylic acids is 2. The van der Waals surface area contributed by atoms with Crippen LogP contribution in [0.15, 0.2) is 30.3 Å². The molecule has 0 bridgehead atoms. The Labute approximate surface area is 157 Å². The van der Waals surface area contributed by atoms with E-state index in [0.717, 1.165) is 45.0 Å². The molecule has 0 aromatic heterocycles. The predicted molar refractivity (Wildman–Crippen MR) is 105 cm³/mol. The van der Waals surface area contributed by atoms with E-state index in [1.54, 1.807) is 4.90 Å². The molecule has 0 radical (unpaired) electrons. The lowest BCUT2D eigenvalue weighted by Crippen LogP contribution is -2.55. The lowest BCUT2D eigenvalue weighted by molar-refractivity contribution is -0.133. The summed E-state index contributed by atoms with van der Waals surface area (Å²) in [6, 6.07) is 9.55. The molecule has 1 aliphatic heterocycles. The maximum Gasteiger partial charge on any atom is 0.243 e. The fraction of sp³-hybridized carbons (Fsp3) is 0.600. The van der Waals surface area contributed by atoms with E-state index in [1.807, 2.05) is 63.1 Å². The fourth-order valence-corrected chi connectivity index (χ4v) is 3.39. The number of benzene rings is 1. The highest BCUT2D eigenvalue weighted by Crippen LogP contribution is 2.15. The van der Waals surface area contributed by atoms with Crippen molar-refractivity contribution in [3.8, 4) is 0 Å². The van der Waals surface area contributed by atoms with Gasteiger partial charge >= 0.3 is 0 Å². The fourth-order valence-electron chi connectivity index (χ4n) is 3.39. The summed E-state index contributed by atoms with van der Waals surface area (Å²) in [6.07, 6.45) is 0. The molecular weight excluding hydrogens is 328 g/mol. The molecule has 1 saturated heterocycles. The molecule has 144 valence electrons. The number of amides is 2. The van der Waals surface area contributed by atoms with E-state index in [0.29, 0.717) is 6.54 Å². The van der Waals surface area contributed by atoms with E-state index in [-0.39, 0.29) is 17.9 Å². The van der Waals surface area contributed by atoms with E-state index < -0.39 is 0 Å². The molecular formula is C20H32N4O2. The molecule has 26 heavy (non-hydrogen) atoms. The van der Waals surface area contributed by atoms with Crippen molar-refractivity contribution in [2.75, 3.05) is 57.8 Å². The Morgan fingerprint density at radius 2 is 1.62 bits per heavy atom. The molecule has 0 N–H and O–H groups in total. The van der Waals surface area contributed by atoms with E-state index >= 15 is 0 Å². The number of rotatable bonds is 7. The lowest BCUT2D eigenvalue weighted by Gasteiger charge is -2.38. The van der Waals surface area contributed by atoms with E-state index in [4.69, 9.17) is 0 Å². The van der Waals surface area contributed by atoms with Crippen molar-refractivity contribution in [1.82, 2.24) is 14.7 Å². The van der Waals surface area contributed by atoms with Gasteiger partial charge in [0.25, 0.3) is 0 Å². The number of piperazine rings is 1. The summed E-state index contributed by atoms with van der Waals surface area (Å²) >= 11 is 0. The average Bonchev–Trinajstić information content (AvgIpc) is 2.68. The lowest BCUT2D eigenvalue weighted by atomic mass is 10.2. The second-order valence-electron chi connectivity index (χ2n) is 6.79. The predicted octanol–water partition coefficient (Wildman–Crippen LogP) is 1.52. The first-order chi connectivity index (χ1) is 12.5. The van der Waals surface area contributed by atoms with Crippen molar-refractivity contribution in [2.24, 2.45) is 0 Å². The van der Waals surface area contributed by atoms with Crippen LogP contribution in [0.1, 0.15) is 20.8 Å². The molecule has 1 atom stereocenters. The number of nitrogens with zero attached hydrogens (tertiary/aromatic N) is 4. The molecule has 1 aromatic rings. The van der Waals surface area contributed by atoms with Crippen LogP contribution in [-0.2, 0) is 9.59 Å². The van der Waals surface area contributed by atoms with Crippen molar-refractivity contribution < 1.29 is 9.59 Å². The Morgan fingerprint density at radius 3 is 2.15 bits per heavy atom. The zero-order valence-corrected chi connectivity index (χ0v) is 16.5. The molecule has 2 amide bonds. The summed E-state index contributed by atoms with van der Waals surface area (Å²) in [6.45, 7) is 11.2. The largest absolute Gasteiger partial charge is 0.342 e. The number of likely N-dealkylation sites (N-methyl/N-ethyl adjacent to an activating group) is 2. The normalized spacial score (nSPS) is 16.9. The van der Waals surface area contributed by atoms with Gasteiger partial charge in [-0.1, -0.05) is 18.2 Å². The second kappa shape index (κ2) is 9.69. The van der Waals surface area contributed by atoms with Crippen molar-refractivity contribution >= 4 is 17.5 Å². The maximum absolute atomic E-state index is 12.8. The minimum Gasteiger partial charge on any atom is -0.342 e. The highest BCUT2D eigenvalue weighted by molar-refractivity contribution is 5.96. The Morgan fingerprint density at radius 1 is 1.04 bits per heavy atom. The topological polar surface area (TPSA) is 47.1 Å². The quantitative estimate of drug-likeness (QED) is 0.740. The first-order valence-electron chi connectivity index (χ1n) is 9.54. The first-order valence-corrected chi connectivity index (χ1v) is 9.54.